The van der Waals surface area contributed by atoms with Gasteiger partial charge in [-0.1, -0.05) is 5.21 Å². The van der Waals surface area contributed by atoms with Gasteiger partial charge in [0.25, 0.3) is 0 Å². The lowest BCUT2D eigenvalue weighted by Crippen LogP contribution is -2.33. The smallest absolute Gasteiger partial charge is 0.161 e. The minimum Gasteiger partial charge on any atom is -0.330 e. The molecule has 0 saturated heterocycles. The van der Waals surface area contributed by atoms with Gasteiger partial charge in [0.15, 0.2) is 5.82 Å². The molecule has 0 spiro atoms. The Kier molecular flexibility index (Phi) is 3.01. The van der Waals surface area contributed by atoms with E-state index in [1.54, 1.807) is 5.01 Å². The number of anilines is 1. The zero-order valence-electron chi connectivity index (χ0n) is 7.12. The van der Waals surface area contributed by atoms with Crippen LogP contribution in [0, 0.1) is 6.92 Å². The maximum atomic E-state index is 5.69. The van der Waals surface area contributed by atoms with Gasteiger partial charge in [0.1, 0.15) is 5.69 Å². The number of aromatic amines is 1. The van der Waals surface area contributed by atoms with Gasteiger partial charge in [-0.05, 0) is 19.9 Å². The third kappa shape index (κ3) is 1.93. The van der Waals surface area contributed by atoms with Crippen LogP contribution in [0.2, 0.25) is 0 Å². The van der Waals surface area contributed by atoms with E-state index in [-0.39, 0.29) is 0 Å². The molecule has 0 aliphatic carbocycles. The van der Waals surface area contributed by atoms with Crippen LogP contribution in [0.25, 0.3) is 0 Å². The van der Waals surface area contributed by atoms with Crippen LogP contribution in [-0.2, 0) is 0 Å². The highest BCUT2D eigenvalue weighted by Gasteiger charge is 2.06. The molecule has 1 aromatic heterocycles. The third-order valence-electron chi connectivity index (χ3n) is 1.59. The molecule has 6 heteroatoms. The molecule has 0 bridgehead atoms. The topological polar surface area (TPSA) is 96.8 Å². The van der Waals surface area contributed by atoms with E-state index in [1.807, 2.05) is 6.92 Å². The fourth-order valence-corrected chi connectivity index (χ4v) is 0.921. The lowest BCUT2D eigenvalue weighted by molar-refractivity contribution is 0.748. The molecule has 0 radical (unpaired) electrons. The lowest BCUT2D eigenvalue weighted by Gasteiger charge is -2.15. The second kappa shape index (κ2) is 4.03. The zero-order chi connectivity index (χ0) is 8.97. The number of nitrogens with one attached hydrogen (secondary N) is 1. The number of nitrogens with two attached hydrogens (primary N) is 2. The molecule has 0 aromatic carbocycles. The normalized spacial score (nSPS) is 10.2. The van der Waals surface area contributed by atoms with Crippen molar-refractivity contribution in [3.8, 4) is 0 Å². The summed E-state index contributed by atoms with van der Waals surface area (Å²) in [5.41, 5.74) is 6.15. The number of hydrogen-bond acceptors (Lipinski definition) is 5. The minimum absolute atomic E-state index is 0.633. The molecule has 0 aliphatic rings. The SMILES string of the molecule is Cc1nn[nH]c1N(N)CCCN. The van der Waals surface area contributed by atoms with Crippen LogP contribution in [0.4, 0.5) is 5.82 Å². The van der Waals surface area contributed by atoms with Crippen LogP contribution in [0.1, 0.15) is 12.1 Å². The molecule has 0 atom stereocenters. The Hall–Kier alpha value is -1.14. The van der Waals surface area contributed by atoms with Gasteiger partial charge in [-0.3, -0.25) is 5.01 Å². The highest BCUT2D eigenvalue weighted by molar-refractivity contribution is 5.39. The van der Waals surface area contributed by atoms with Crippen LogP contribution in [0.5, 0.6) is 0 Å². The highest BCUT2D eigenvalue weighted by Crippen LogP contribution is 2.08. The molecule has 0 saturated carbocycles. The second-order valence-corrected chi connectivity index (χ2v) is 2.58. The van der Waals surface area contributed by atoms with Crippen LogP contribution < -0.4 is 16.6 Å². The number of hydrazine groups is 1. The summed E-state index contributed by atoms with van der Waals surface area (Å²) in [5.74, 6) is 6.45. The summed E-state index contributed by atoms with van der Waals surface area (Å²) >= 11 is 0. The van der Waals surface area contributed by atoms with E-state index in [4.69, 9.17) is 11.6 Å². The van der Waals surface area contributed by atoms with Gasteiger partial charge in [-0.15, -0.1) is 5.10 Å². The number of hydrogen-bond donors (Lipinski definition) is 3. The molecule has 6 nitrogen and oxygen atoms in total. The molecule has 0 aliphatic heterocycles. The molecule has 1 aromatic rings. The zero-order valence-corrected chi connectivity index (χ0v) is 7.12. The molecule has 0 unspecified atom stereocenters. The molecule has 68 valence electrons. The first-order valence-corrected chi connectivity index (χ1v) is 3.85. The number of aryl methyl sites for hydroxylation is 1. The van der Waals surface area contributed by atoms with Crippen LogP contribution in [-0.4, -0.2) is 28.5 Å². The molecule has 5 N–H and O–H groups in total. The number of H-pyrrole nitrogens is 1. The van der Waals surface area contributed by atoms with E-state index in [1.165, 1.54) is 0 Å². The maximum Gasteiger partial charge on any atom is 0.161 e. The Bertz CT molecular complexity index is 232. The van der Waals surface area contributed by atoms with E-state index in [0.29, 0.717) is 13.1 Å². The molecule has 1 heterocycles. The Morgan fingerprint density at radius 3 is 2.83 bits per heavy atom. The van der Waals surface area contributed by atoms with E-state index in [9.17, 15) is 0 Å². The summed E-state index contributed by atoms with van der Waals surface area (Å²) in [6, 6.07) is 0. The average Bonchev–Trinajstić information content (AvgIpc) is 2.47. The quantitative estimate of drug-likeness (QED) is 0.403. The fourth-order valence-electron chi connectivity index (χ4n) is 0.921. The average molecular weight is 170 g/mol. The summed E-state index contributed by atoms with van der Waals surface area (Å²) in [6.45, 7) is 3.19. The van der Waals surface area contributed by atoms with E-state index in [0.717, 1.165) is 17.9 Å². The van der Waals surface area contributed by atoms with Crippen LogP contribution >= 0.6 is 0 Å². The van der Waals surface area contributed by atoms with Crippen molar-refractivity contribution in [1.29, 1.82) is 0 Å². The highest BCUT2D eigenvalue weighted by atomic mass is 15.5. The summed E-state index contributed by atoms with van der Waals surface area (Å²) in [5, 5.41) is 11.7. The van der Waals surface area contributed by atoms with Gasteiger partial charge >= 0.3 is 0 Å². The third-order valence-corrected chi connectivity index (χ3v) is 1.59. The Morgan fingerprint density at radius 1 is 1.58 bits per heavy atom. The van der Waals surface area contributed by atoms with Gasteiger partial charge in [0, 0.05) is 6.54 Å². The Morgan fingerprint density at radius 2 is 2.33 bits per heavy atom. The van der Waals surface area contributed by atoms with Crippen molar-refractivity contribution < 1.29 is 0 Å². The number of aromatic nitrogens is 3. The van der Waals surface area contributed by atoms with Crippen molar-refractivity contribution >= 4 is 5.82 Å². The van der Waals surface area contributed by atoms with Gasteiger partial charge in [-0.25, -0.2) is 10.9 Å². The molecule has 1 rings (SSSR count). The van der Waals surface area contributed by atoms with Crippen molar-refractivity contribution in [3.63, 3.8) is 0 Å². The molecular weight excluding hydrogens is 156 g/mol. The minimum atomic E-state index is 0.633. The fraction of sp³-hybridized carbons (Fsp3) is 0.667. The summed E-state index contributed by atoms with van der Waals surface area (Å²) in [6.07, 6.45) is 0.856. The van der Waals surface area contributed by atoms with E-state index >= 15 is 0 Å². The first-order chi connectivity index (χ1) is 5.75. The summed E-state index contributed by atoms with van der Waals surface area (Å²) in [7, 11) is 0. The first kappa shape index (κ1) is 8.95. The van der Waals surface area contributed by atoms with Gasteiger partial charge < -0.3 is 5.73 Å². The number of rotatable bonds is 4. The lowest BCUT2D eigenvalue weighted by atomic mass is 10.4. The van der Waals surface area contributed by atoms with Crippen molar-refractivity contribution in [1.82, 2.24) is 15.4 Å². The molecule has 0 fully saturated rings. The van der Waals surface area contributed by atoms with Gasteiger partial charge in [0.2, 0.25) is 0 Å². The van der Waals surface area contributed by atoms with Crippen molar-refractivity contribution in [2.45, 2.75) is 13.3 Å². The molecular formula is C6H14N6. The summed E-state index contributed by atoms with van der Waals surface area (Å²) < 4.78 is 0. The monoisotopic (exact) mass is 170 g/mol. The van der Waals surface area contributed by atoms with Gasteiger partial charge in [-0.2, -0.15) is 0 Å². The Balaban J connectivity index is 2.52. The van der Waals surface area contributed by atoms with Crippen molar-refractivity contribution in [3.05, 3.63) is 5.69 Å². The van der Waals surface area contributed by atoms with Crippen LogP contribution in [0.3, 0.4) is 0 Å². The van der Waals surface area contributed by atoms with Crippen molar-refractivity contribution in [2.24, 2.45) is 11.6 Å². The van der Waals surface area contributed by atoms with E-state index < -0.39 is 0 Å². The standard InChI is InChI=1S/C6H14N6/c1-5-6(10-11-9-5)12(8)4-2-3-7/h2-4,7-8H2,1H3,(H,9,10,11). The molecule has 12 heavy (non-hydrogen) atoms. The maximum absolute atomic E-state index is 5.69. The predicted molar refractivity (Wildman–Crippen MR) is 46.3 cm³/mol. The van der Waals surface area contributed by atoms with Crippen molar-refractivity contribution in [2.75, 3.05) is 18.1 Å². The predicted octanol–water partition coefficient (Wildman–Crippen LogP) is -0.858. The summed E-state index contributed by atoms with van der Waals surface area (Å²) in [4.78, 5) is 0. The van der Waals surface area contributed by atoms with Crippen LogP contribution in [0.15, 0.2) is 0 Å². The van der Waals surface area contributed by atoms with Gasteiger partial charge in [0.05, 0.1) is 0 Å². The Labute approximate surface area is 70.9 Å². The van der Waals surface area contributed by atoms with E-state index in [2.05, 4.69) is 15.4 Å². The second-order valence-electron chi connectivity index (χ2n) is 2.58. The number of nitrogens with zero attached hydrogens (tertiary/aromatic N) is 3. The first-order valence-electron chi connectivity index (χ1n) is 3.85. The molecule has 0 amide bonds. The largest absolute Gasteiger partial charge is 0.330 e.